The molecule has 1 aliphatic rings. The smallest absolute Gasteiger partial charge is 0.0140 e. The first-order valence-corrected chi connectivity index (χ1v) is 5.08. The Balaban J connectivity index is 0.00000112. The molecule has 0 bridgehead atoms. The molecular weight excluding hydrogens is 206 g/mol. The predicted octanol–water partition coefficient (Wildman–Crippen LogP) is 3.04. The number of hydrogen-bond acceptors (Lipinski definition) is 1. The first-order chi connectivity index (χ1) is 6.95. The lowest BCUT2D eigenvalue weighted by Gasteiger charge is -2.09. The average Bonchev–Trinajstić information content (AvgIpc) is 2.29. The van der Waals surface area contributed by atoms with Crippen molar-refractivity contribution in [2.45, 2.75) is 6.42 Å². The monoisotopic (exact) mass is 221 g/mol. The summed E-state index contributed by atoms with van der Waals surface area (Å²) in [6, 6.07) is 10.4. The van der Waals surface area contributed by atoms with Crippen molar-refractivity contribution in [3.05, 3.63) is 53.6 Å². The van der Waals surface area contributed by atoms with E-state index in [1.807, 2.05) is 6.07 Å². The summed E-state index contributed by atoms with van der Waals surface area (Å²) in [7, 11) is 0. The van der Waals surface area contributed by atoms with Crippen molar-refractivity contribution < 1.29 is 0 Å². The summed E-state index contributed by atoms with van der Waals surface area (Å²) in [6.45, 7) is 2.11. The van der Waals surface area contributed by atoms with Gasteiger partial charge in [0, 0.05) is 6.54 Å². The molecule has 0 saturated heterocycles. The third-order valence-corrected chi connectivity index (χ3v) is 2.39. The minimum atomic E-state index is 0. The maximum absolute atomic E-state index is 3.30. The third kappa shape index (κ3) is 3.90. The van der Waals surface area contributed by atoms with Crippen LogP contribution in [0.3, 0.4) is 0 Å². The lowest BCUT2D eigenvalue weighted by Crippen LogP contribution is -2.19. The molecule has 0 amide bonds. The minimum absolute atomic E-state index is 0. The number of halogens is 1. The zero-order valence-electron chi connectivity index (χ0n) is 8.65. The molecule has 0 aliphatic carbocycles. The third-order valence-electron chi connectivity index (χ3n) is 2.39. The van der Waals surface area contributed by atoms with Gasteiger partial charge >= 0.3 is 0 Å². The van der Waals surface area contributed by atoms with Crippen LogP contribution in [0.2, 0.25) is 0 Å². The summed E-state index contributed by atoms with van der Waals surface area (Å²) < 4.78 is 0. The Morgan fingerprint density at radius 3 is 2.53 bits per heavy atom. The van der Waals surface area contributed by atoms with E-state index in [4.69, 9.17) is 0 Å². The molecule has 15 heavy (non-hydrogen) atoms. The minimum Gasteiger partial charge on any atom is -0.313 e. The van der Waals surface area contributed by atoms with Crippen LogP contribution in [0, 0.1) is 0 Å². The van der Waals surface area contributed by atoms with E-state index in [0.717, 1.165) is 19.5 Å². The summed E-state index contributed by atoms with van der Waals surface area (Å²) in [5.74, 6) is 0. The summed E-state index contributed by atoms with van der Waals surface area (Å²) in [5, 5.41) is 3.30. The highest BCUT2D eigenvalue weighted by Gasteiger charge is 1.97. The van der Waals surface area contributed by atoms with E-state index in [9.17, 15) is 0 Å². The van der Waals surface area contributed by atoms with Gasteiger partial charge in [-0.3, -0.25) is 0 Å². The van der Waals surface area contributed by atoms with E-state index in [0.29, 0.717) is 0 Å². The first kappa shape index (κ1) is 12.0. The maximum Gasteiger partial charge on any atom is 0.0140 e. The predicted molar refractivity (Wildman–Crippen MR) is 68.3 cm³/mol. The van der Waals surface area contributed by atoms with Gasteiger partial charge in [-0.05, 0) is 24.1 Å². The SMILES string of the molecule is C(=Cc1ccccc1)C1=CCNCC1.Cl. The molecular formula is C13H16ClN. The normalized spacial score (nSPS) is 15.9. The van der Waals surface area contributed by atoms with Gasteiger partial charge in [-0.25, -0.2) is 0 Å². The fourth-order valence-corrected chi connectivity index (χ4v) is 1.56. The molecule has 2 heteroatoms. The molecule has 0 radical (unpaired) electrons. The van der Waals surface area contributed by atoms with Gasteiger partial charge in [0.05, 0.1) is 0 Å². The zero-order chi connectivity index (χ0) is 9.64. The molecule has 1 nitrogen and oxygen atoms in total. The van der Waals surface area contributed by atoms with Crippen molar-refractivity contribution in [3.63, 3.8) is 0 Å². The van der Waals surface area contributed by atoms with Crippen LogP contribution in [-0.4, -0.2) is 13.1 Å². The van der Waals surface area contributed by atoms with Gasteiger partial charge in [0.2, 0.25) is 0 Å². The average molecular weight is 222 g/mol. The van der Waals surface area contributed by atoms with Crippen molar-refractivity contribution in [2.75, 3.05) is 13.1 Å². The summed E-state index contributed by atoms with van der Waals surface area (Å²) in [4.78, 5) is 0. The molecule has 1 aromatic rings. The van der Waals surface area contributed by atoms with Crippen LogP contribution in [0.1, 0.15) is 12.0 Å². The summed E-state index contributed by atoms with van der Waals surface area (Å²) in [6.07, 6.45) is 7.79. The van der Waals surface area contributed by atoms with Gasteiger partial charge in [-0.15, -0.1) is 12.4 Å². The summed E-state index contributed by atoms with van der Waals surface area (Å²) in [5.41, 5.74) is 2.71. The van der Waals surface area contributed by atoms with E-state index in [-0.39, 0.29) is 12.4 Å². The highest BCUT2D eigenvalue weighted by Crippen LogP contribution is 2.09. The van der Waals surface area contributed by atoms with Crippen molar-refractivity contribution in [3.8, 4) is 0 Å². The number of hydrogen-bond donors (Lipinski definition) is 1. The molecule has 0 unspecified atom stereocenters. The van der Waals surface area contributed by atoms with Gasteiger partial charge in [-0.1, -0.05) is 48.6 Å². The maximum atomic E-state index is 3.30. The molecule has 0 spiro atoms. The van der Waals surface area contributed by atoms with Crippen molar-refractivity contribution in [1.82, 2.24) is 5.32 Å². The van der Waals surface area contributed by atoms with E-state index in [1.165, 1.54) is 11.1 Å². The Hall–Kier alpha value is -1.05. The standard InChI is InChI=1S/C13H15N.ClH/c1-2-4-12(5-3-1)6-7-13-8-10-14-11-9-13;/h1-8,14H,9-11H2;1H. The van der Waals surface area contributed by atoms with E-state index in [1.54, 1.807) is 0 Å². The van der Waals surface area contributed by atoms with Gasteiger partial charge in [0.15, 0.2) is 0 Å². The van der Waals surface area contributed by atoms with Crippen molar-refractivity contribution in [2.24, 2.45) is 0 Å². The van der Waals surface area contributed by atoms with Crippen LogP contribution in [0.25, 0.3) is 6.08 Å². The number of nitrogens with one attached hydrogen (secondary N) is 1. The van der Waals surface area contributed by atoms with Gasteiger partial charge in [-0.2, -0.15) is 0 Å². The molecule has 0 fully saturated rings. The van der Waals surface area contributed by atoms with Crippen molar-refractivity contribution in [1.29, 1.82) is 0 Å². The Labute approximate surface area is 97.3 Å². The van der Waals surface area contributed by atoms with E-state index < -0.39 is 0 Å². The molecule has 1 heterocycles. The fourth-order valence-electron chi connectivity index (χ4n) is 1.56. The molecule has 1 aliphatic heterocycles. The van der Waals surface area contributed by atoms with E-state index >= 15 is 0 Å². The Kier molecular flexibility index (Phi) is 5.16. The van der Waals surface area contributed by atoms with Crippen LogP contribution < -0.4 is 5.32 Å². The largest absolute Gasteiger partial charge is 0.313 e. The van der Waals surface area contributed by atoms with Crippen molar-refractivity contribution >= 4 is 18.5 Å². The summed E-state index contributed by atoms with van der Waals surface area (Å²) >= 11 is 0. The van der Waals surface area contributed by atoms with Crippen LogP contribution in [0.5, 0.6) is 0 Å². The quantitative estimate of drug-likeness (QED) is 0.810. The molecule has 1 N–H and O–H groups in total. The molecule has 0 aromatic heterocycles. The van der Waals surface area contributed by atoms with Gasteiger partial charge in [0.1, 0.15) is 0 Å². The Bertz CT molecular complexity index is 341. The second-order valence-electron chi connectivity index (χ2n) is 3.48. The van der Waals surface area contributed by atoms with Crippen LogP contribution in [0.15, 0.2) is 48.1 Å². The van der Waals surface area contributed by atoms with Gasteiger partial charge < -0.3 is 5.32 Å². The van der Waals surface area contributed by atoms with Crippen LogP contribution in [0.4, 0.5) is 0 Å². The Morgan fingerprint density at radius 2 is 1.87 bits per heavy atom. The molecule has 0 saturated carbocycles. The van der Waals surface area contributed by atoms with Crippen LogP contribution in [-0.2, 0) is 0 Å². The number of rotatable bonds is 2. The lowest BCUT2D eigenvalue weighted by atomic mass is 10.1. The van der Waals surface area contributed by atoms with Crippen LogP contribution >= 0.6 is 12.4 Å². The molecule has 0 atom stereocenters. The zero-order valence-corrected chi connectivity index (χ0v) is 9.46. The molecule has 1 aromatic carbocycles. The molecule has 2 rings (SSSR count). The van der Waals surface area contributed by atoms with Gasteiger partial charge in [0.25, 0.3) is 0 Å². The topological polar surface area (TPSA) is 12.0 Å². The fraction of sp³-hybridized carbons (Fsp3) is 0.231. The second-order valence-corrected chi connectivity index (χ2v) is 3.48. The number of allylic oxidation sites excluding steroid dienone is 1. The van der Waals surface area contributed by atoms with E-state index in [2.05, 4.69) is 47.8 Å². The first-order valence-electron chi connectivity index (χ1n) is 5.08. The highest BCUT2D eigenvalue weighted by molar-refractivity contribution is 5.85. The number of benzene rings is 1. The highest BCUT2D eigenvalue weighted by atomic mass is 35.5. The lowest BCUT2D eigenvalue weighted by molar-refractivity contribution is 0.713. The Morgan fingerprint density at radius 1 is 1.07 bits per heavy atom. The molecule has 80 valence electrons. The second kappa shape index (κ2) is 6.44.